The summed E-state index contributed by atoms with van der Waals surface area (Å²) in [4.78, 5) is 24.4. The van der Waals surface area contributed by atoms with Gasteiger partial charge in [0.2, 0.25) is 5.91 Å². The summed E-state index contributed by atoms with van der Waals surface area (Å²) in [5, 5.41) is 7.24. The van der Waals surface area contributed by atoms with Crippen molar-refractivity contribution in [1.82, 2.24) is 9.78 Å². The van der Waals surface area contributed by atoms with Gasteiger partial charge in [-0.2, -0.15) is 5.10 Å². The molecule has 0 aliphatic heterocycles. The fourth-order valence-corrected chi connectivity index (χ4v) is 3.44. The molecule has 142 valence electrons. The van der Waals surface area contributed by atoms with Crippen LogP contribution in [0.15, 0.2) is 67.0 Å². The predicted molar refractivity (Wildman–Crippen MR) is 105 cm³/mol. The van der Waals surface area contributed by atoms with Crippen LogP contribution >= 0.6 is 0 Å². The van der Waals surface area contributed by atoms with E-state index in [2.05, 4.69) is 22.5 Å². The van der Waals surface area contributed by atoms with E-state index in [9.17, 15) is 9.59 Å². The normalized spacial score (nSPS) is 17.8. The number of rotatable bonds is 6. The van der Waals surface area contributed by atoms with Gasteiger partial charge in [-0.1, -0.05) is 48.5 Å². The maximum absolute atomic E-state index is 12.5. The molecule has 1 aliphatic rings. The highest BCUT2D eigenvalue weighted by Crippen LogP contribution is 2.47. The third-order valence-electron chi connectivity index (χ3n) is 5.01. The molecule has 0 spiro atoms. The number of carbonyl (C=O) groups is 2. The second-order valence-electron chi connectivity index (χ2n) is 6.92. The number of nitrogens with zero attached hydrogens (tertiary/aromatic N) is 2. The minimum atomic E-state index is -0.378. The van der Waals surface area contributed by atoms with E-state index in [0.29, 0.717) is 23.7 Å². The molecule has 1 heterocycles. The van der Waals surface area contributed by atoms with Gasteiger partial charge < -0.3 is 10.1 Å². The summed E-state index contributed by atoms with van der Waals surface area (Å²) in [6.07, 6.45) is 4.26. The maximum atomic E-state index is 12.5. The second-order valence-corrected chi connectivity index (χ2v) is 6.92. The van der Waals surface area contributed by atoms with Gasteiger partial charge in [0, 0.05) is 12.1 Å². The van der Waals surface area contributed by atoms with Crippen LogP contribution in [0.25, 0.3) is 0 Å². The molecule has 1 fully saturated rings. The van der Waals surface area contributed by atoms with E-state index < -0.39 is 0 Å². The molecule has 2 aromatic carbocycles. The molecule has 6 nitrogen and oxygen atoms in total. The van der Waals surface area contributed by atoms with Crippen molar-refractivity contribution >= 4 is 17.6 Å². The summed E-state index contributed by atoms with van der Waals surface area (Å²) < 4.78 is 6.52. The van der Waals surface area contributed by atoms with E-state index in [-0.39, 0.29) is 17.8 Å². The minimum Gasteiger partial charge on any atom is -0.465 e. The van der Waals surface area contributed by atoms with Gasteiger partial charge in [0.25, 0.3) is 0 Å². The van der Waals surface area contributed by atoms with Crippen LogP contribution in [0, 0.1) is 5.92 Å². The number of nitrogens with one attached hydrogen (secondary N) is 1. The molecule has 1 aliphatic carbocycles. The fraction of sp³-hybridized carbons (Fsp3) is 0.227. The van der Waals surface area contributed by atoms with Crippen molar-refractivity contribution in [2.75, 3.05) is 12.4 Å². The molecule has 2 unspecified atom stereocenters. The summed E-state index contributed by atoms with van der Waals surface area (Å²) in [5.74, 6) is -0.0608. The number of hydrogen-bond acceptors (Lipinski definition) is 4. The Morgan fingerprint density at radius 2 is 1.89 bits per heavy atom. The van der Waals surface area contributed by atoms with Crippen LogP contribution in [-0.4, -0.2) is 28.8 Å². The zero-order chi connectivity index (χ0) is 19.5. The average Bonchev–Trinajstić information content (AvgIpc) is 3.43. The quantitative estimate of drug-likeness (QED) is 0.670. The van der Waals surface area contributed by atoms with E-state index in [1.54, 1.807) is 29.2 Å². The number of amides is 1. The standard InChI is InChI=1S/C22H21N3O3/c1-28-22(27)18-10-6-5-9-16(18)13-25-14-17(12-23-25)24-21(26)20-11-19(20)15-7-3-2-4-8-15/h2-10,12,14,19-20H,11,13H2,1H3,(H,24,26). The summed E-state index contributed by atoms with van der Waals surface area (Å²) in [6, 6.07) is 17.4. The molecular weight excluding hydrogens is 354 g/mol. The van der Waals surface area contributed by atoms with Gasteiger partial charge in [-0.25, -0.2) is 4.79 Å². The van der Waals surface area contributed by atoms with Gasteiger partial charge in [-0.15, -0.1) is 0 Å². The highest BCUT2D eigenvalue weighted by molar-refractivity contribution is 5.95. The van der Waals surface area contributed by atoms with Gasteiger partial charge in [0.1, 0.15) is 0 Å². The summed E-state index contributed by atoms with van der Waals surface area (Å²) >= 11 is 0. The molecular formula is C22H21N3O3. The molecule has 0 bridgehead atoms. The predicted octanol–water partition coefficient (Wildman–Crippen LogP) is 3.46. The van der Waals surface area contributed by atoms with E-state index in [4.69, 9.17) is 4.74 Å². The summed E-state index contributed by atoms with van der Waals surface area (Å²) in [5.41, 5.74) is 3.17. The van der Waals surface area contributed by atoms with Crippen molar-refractivity contribution in [2.24, 2.45) is 5.92 Å². The topological polar surface area (TPSA) is 73.2 Å². The van der Waals surface area contributed by atoms with Crippen molar-refractivity contribution in [2.45, 2.75) is 18.9 Å². The Bertz CT molecular complexity index is 997. The highest BCUT2D eigenvalue weighted by atomic mass is 16.5. The number of anilines is 1. The number of carbonyl (C=O) groups excluding carboxylic acids is 2. The van der Waals surface area contributed by atoms with Crippen LogP contribution in [0.3, 0.4) is 0 Å². The number of benzene rings is 2. The van der Waals surface area contributed by atoms with E-state index in [1.807, 2.05) is 30.3 Å². The first-order valence-electron chi connectivity index (χ1n) is 9.20. The largest absolute Gasteiger partial charge is 0.465 e. The maximum Gasteiger partial charge on any atom is 0.338 e. The monoisotopic (exact) mass is 375 g/mol. The lowest BCUT2D eigenvalue weighted by atomic mass is 10.1. The van der Waals surface area contributed by atoms with Crippen molar-refractivity contribution in [3.8, 4) is 0 Å². The van der Waals surface area contributed by atoms with E-state index in [1.165, 1.54) is 12.7 Å². The van der Waals surface area contributed by atoms with Gasteiger partial charge in [-0.3, -0.25) is 9.48 Å². The molecule has 1 amide bonds. The van der Waals surface area contributed by atoms with Crippen LogP contribution < -0.4 is 5.32 Å². The first-order chi connectivity index (χ1) is 13.7. The molecule has 0 radical (unpaired) electrons. The third-order valence-corrected chi connectivity index (χ3v) is 5.01. The first kappa shape index (κ1) is 18.0. The molecule has 4 rings (SSSR count). The molecule has 6 heteroatoms. The SMILES string of the molecule is COC(=O)c1ccccc1Cn1cc(NC(=O)C2CC2c2ccccc2)cn1. The Morgan fingerprint density at radius 3 is 2.68 bits per heavy atom. The first-order valence-corrected chi connectivity index (χ1v) is 9.20. The smallest absolute Gasteiger partial charge is 0.338 e. The van der Waals surface area contributed by atoms with Crippen molar-refractivity contribution in [1.29, 1.82) is 0 Å². The molecule has 0 saturated heterocycles. The summed E-state index contributed by atoms with van der Waals surface area (Å²) in [7, 11) is 1.36. The Labute approximate surface area is 163 Å². The zero-order valence-electron chi connectivity index (χ0n) is 15.5. The Morgan fingerprint density at radius 1 is 1.14 bits per heavy atom. The number of esters is 1. The van der Waals surface area contributed by atoms with Crippen molar-refractivity contribution in [3.05, 3.63) is 83.7 Å². The Hall–Kier alpha value is -3.41. The number of hydrogen-bond donors (Lipinski definition) is 1. The van der Waals surface area contributed by atoms with Gasteiger partial charge >= 0.3 is 5.97 Å². The second kappa shape index (κ2) is 7.68. The number of methoxy groups -OCH3 is 1. The lowest BCUT2D eigenvalue weighted by molar-refractivity contribution is -0.117. The number of ether oxygens (including phenoxy) is 1. The third kappa shape index (κ3) is 3.81. The lowest BCUT2D eigenvalue weighted by Crippen LogP contribution is -2.14. The fourth-order valence-electron chi connectivity index (χ4n) is 3.44. The van der Waals surface area contributed by atoms with Crippen LogP contribution in [0.2, 0.25) is 0 Å². The van der Waals surface area contributed by atoms with Gasteiger partial charge in [0.05, 0.1) is 31.1 Å². The lowest BCUT2D eigenvalue weighted by Gasteiger charge is -2.07. The molecule has 3 aromatic rings. The molecule has 2 atom stereocenters. The van der Waals surface area contributed by atoms with Crippen LogP contribution in [0.5, 0.6) is 0 Å². The van der Waals surface area contributed by atoms with Crippen molar-refractivity contribution in [3.63, 3.8) is 0 Å². The van der Waals surface area contributed by atoms with E-state index in [0.717, 1.165) is 12.0 Å². The van der Waals surface area contributed by atoms with Gasteiger partial charge in [-0.05, 0) is 29.5 Å². The highest BCUT2D eigenvalue weighted by Gasteiger charge is 2.43. The van der Waals surface area contributed by atoms with Crippen LogP contribution in [0.4, 0.5) is 5.69 Å². The van der Waals surface area contributed by atoms with Gasteiger partial charge in [0.15, 0.2) is 0 Å². The molecule has 1 N–H and O–H groups in total. The summed E-state index contributed by atoms with van der Waals surface area (Å²) in [6.45, 7) is 0.414. The molecule has 28 heavy (non-hydrogen) atoms. The Balaban J connectivity index is 1.39. The molecule has 1 aromatic heterocycles. The Kier molecular flexibility index (Phi) is 4.93. The average molecular weight is 375 g/mol. The minimum absolute atomic E-state index is 0.00537. The van der Waals surface area contributed by atoms with E-state index >= 15 is 0 Å². The van der Waals surface area contributed by atoms with Crippen LogP contribution in [-0.2, 0) is 16.1 Å². The van der Waals surface area contributed by atoms with Crippen molar-refractivity contribution < 1.29 is 14.3 Å². The van der Waals surface area contributed by atoms with Crippen LogP contribution in [0.1, 0.15) is 33.8 Å². The zero-order valence-corrected chi connectivity index (χ0v) is 15.5. The number of aromatic nitrogens is 2. The molecule has 1 saturated carbocycles.